The van der Waals surface area contributed by atoms with Gasteiger partial charge in [-0.3, -0.25) is 10.2 Å². The van der Waals surface area contributed by atoms with Crippen LogP contribution in [0.25, 0.3) is 11.3 Å². The topological polar surface area (TPSA) is 110 Å². The van der Waals surface area contributed by atoms with E-state index in [0.29, 0.717) is 34.1 Å². The molecular formula is C14H14F2N8O2S2. The lowest BCUT2D eigenvalue weighted by atomic mass is 10.6. The number of nitrogens with one attached hydrogen (secondary N) is 2. The molecule has 0 aliphatic heterocycles. The van der Waals surface area contributed by atoms with Crippen molar-refractivity contribution in [3.05, 3.63) is 33.6 Å². The predicted octanol–water partition coefficient (Wildman–Crippen LogP) is 2.65. The van der Waals surface area contributed by atoms with Crippen LogP contribution < -0.4 is 9.47 Å². The van der Waals surface area contributed by atoms with Gasteiger partial charge in [0.1, 0.15) is 0 Å². The molecule has 4 rings (SSSR count). The Morgan fingerprint density at radius 1 is 0.857 bits per heavy atom. The van der Waals surface area contributed by atoms with Gasteiger partial charge in [-0.2, -0.15) is 28.9 Å². The summed E-state index contributed by atoms with van der Waals surface area (Å²) in [5.41, 5.74) is 0.705. The molecule has 148 valence electrons. The predicted molar refractivity (Wildman–Crippen MR) is 98.6 cm³/mol. The number of nitrogens with zero attached hydrogens (tertiary/aromatic N) is 6. The molecule has 4 aromatic rings. The Labute approximate surface area is 166 Å². The average molecular weight is 428 g/mol. The van der Waals surface area contributed by atoms with Gasteiger partial charge in [0.05, 0.1) is 13.2 Å². The van der Waals surface area contributed by atoms with E-state index < -0.39 is 11.9 Å². The molecule has 0 bridgehead atoms. The van der Waals surface area contributed by atoms with Crippen molar-refractivity contribution in [2.24, 2.45) is 0 Å². The van der Waals surface area contributed by atoms with Gasteiger partial charge in [-0.05, 0) is 38.3 Å². The Kier molecular flexibility index (Phi) is 5.89. The number of aromatic nitrogens is 8. The fraction of sp³-hybridized carbons (Fsp3) is 0.286. The summed E-state index contributed by atoms with van der Waals surface area (Å²) < 4.78 is 39.6. The van der Waals surface area contributed by atoms with Crippen molar-refractivity contribution in [2.75, 3.05) is 13.2 Å². The Morgan fingerprint density at radius 2 is 1.25 bits per heavy atom. The molecule has 0 spiro atoms. The highest BCUT2D eigenvalue weighted by atomic mass is 32.1. The fourth-order valence-electron chi connectivity index (χ4n) is 2.19. The molecule has 4 aromatic heterocycles. The first-order valence-electron chi connectivity index (χ1n) is 7.97. The van der Waals surface area contributed by atoms with Gasteiger partial charge in [0.25, 0.3) is 0 Å². The maximum absolute atomic E-state index is 12.9. The van der Waals surface area contributed by atoms with Crippen LogP contribution >= 0.6 is 24.4 Å². The van der Waals surface area contributed by atoms with Gasteiger partial charge >= 0.3 is 12.0 Å². The minimum absolute atomic E-state index is 0.112. The van der Waals surface area contributed by atoms with Gasteiger partial charge < -0.3 is 9.47 Å². The second kappa shape index (κ2) is 8.35. The molecule has 0 aromatic carbocycles. The summed E-state index contributed by atoms with van der Waals surface area (Å²) in [5.74, 6) is -1.29. The van der Waals surface area contributed by atoms with Crippen LogP contribution in [0.15, 0.2) is 12.1 Å². The SMILES string of the molecule is CCOc1nc(F)cc2n[nH]c(=S)n12.CCOc1nc(F)cc2n[nH]c(=S)n12. The third-order valence-electron chi connectivity index (χ3n) is 3.23. The molecule has 0 saturated heterocycles. The van der Waals surface area contributed by atoms with Crippen LogP contribution in [0.5, 0.6) is 12.0 Å². The zero-order valence-electron chi connectivity index (χ0n) is 14.6. The van der Waals surface area contributed by atoms with Crippen LogP contribution in [-0.2, 0) is 0 Å². The molecule has 0 unspecified atom stereocenters. The lowest BCUT2D eigenvalue weighted by molar-refractivity contribution is 0.301. The fourth-order valence-corrected chi connectivity index (χ4v) is 2.63. The summed E-state index contributed by atoms with van der Waals surface area (Å²) in [6.07, 6.45) is 0. The van der Waals surface area contributed by atoms with E-state index in [-0.39, 0.29) is 12.0 Å². The first kappa shape index (κ1) is 19.8. The molecule has 0 aliphatic rings. The number of ether oxygens (including phenoxy) is 2. The van der Waals surface area contributed by atoms with Gasteiger partial charge in [-0.15, -0.1) is 0 Å². The zero-order chi connectivity index (χ0) is 20.3. The van der Waals surface area contributed by atoms with Gasteiger partial charge in [0.2, 0.25) is 21.4 Å². The molecule has 0 saturated carbocycles. The highest BCUT2D eigenvalue weighted by molar-refractivity contribution is 7.71. The summed E-state index contributed by atoms with van der Waals surface area (Å²) in [7, 11) is 0. The van der Waals surface area contributed by atoms with Crippen LogP contribution in [0, 0.1) is 21.4 Å². The second-order valence-corrected chi connectivity index (χ2v) is 5.81. The molecule has 0 fully saturated rings. The number of H-pyrrole nitrogens is 2. The van der Waals surface area contributed by atoms with E-state index in [1.165, 1.54) is 20.9 Å². The van der Waals surface area contributed by atoms with Crippen molar-refractivity contribution in [1.29, 1.82) is 0 Å². The smallest absolute Gasteiger partial charge is 0.307 e. The summed E-state index contributed by atoms with van der Waals surface area (Å²) in [5, 5.41) is 12.7. The van der Waals surface area contributed by atoms with Crippen LogP contribution in [0.4, 0.5) is 8.78 Å². The normalized spacial score (nSPS) is 10.7. The number of aromatic amines is 2. The Balaban J connectivity index is 0.000000161. The van der Waals surface area contributed by atoms with Gasteiger partial charge in [0, 0.05) is 12.1 Å². The largest absolute Gasteiger partial charge is 0.465 e. The summed E-state index contributed by atoms with van der Waals surface area (Å²) >= 11 is 9.87. The summed E-state index contributed by atoms with van der Waals surface area (Å²) in [4.78, 5) is 7.14. The van der Waals surface area contributed by atoms with E-state index in [1.54, 1.807) is 13.8 Å². The van der Waals surface area contributed by atoms with Crippen LogP contribution in [0.3, 0.4) is 0 Å². The van der Waals surface area contributed by atoms with E-state index in [2.05, 4.69) is 30.4 Å². The molecule has 10 nitrogen and oxygen atoms in total. The maximum atomic E-state index is 12.9. The molecular weight excluding hydrogens is 414 g/mol. The number of hydrogen-bond donors (Lipinski definition) is 2. The molecule has 0 atom stereocenters. The lowest BCUT2D eigenvalue weighted by Gasteiger charge is -2.03. The van der Waals surface area contributed by atoms with Gasteiger partial charge in [-0.1, -0.05) is 0 Å². The van der Waals surface area contributed by atoms with Crippen LogP contribution in [0.2, 0.25) is 0 Å². The Hall–Kier alpha value is -3.00. The highest BCUT2D eigenvalue weighted by Gasteiger charge is 2.09. The first-order chi connectivity index (χ1) is 13.4. The number of fused-ring (bicyclic) bond motifs is 2. The van der Waals surface area contributed by atoms with Crippen molar-refractivity contribution in [3.63, 3.8) is 0 Å². The van der Waals surface area contributed by atoms with Crippen molar-refractivity contribution in [1.82, 2.24) is 39.2 Å². The Morgan fingerprint density at radius 3 is 1.61 bits per heavy atom. The first-order valence-corrected chi connectivity index (χ1v) is 8.79. The molecule has 4 heterocycles. The number of rotatable bonds is 4. The molecule has 2 N–H and O–H groups in total. The third-order valence-corrected chi connectivity index (χ3v) is 3.78. The van der Waals surface area contributed by atoms with Crippen molar-refractivity contribution < 1.29 is 18.3 Å². The lowest BCUT2D eigenvalue weighted by Crippen LogP contribution is -2.03. The maximum Gasteiger partial charge on any atom is 0.307 e. The van der Waals surface area contributed by atoms with Crippen LogP contribution in [0.1, 0.15) is 13.8 Å². The van der Waals surface area contributed by atoms with Gasteiger partial charge in [-0.25, -0.2) is 8.80 Å². The Bertz CT molecular complexity index is 1140. The molecule has 0 radical (unpaired) electrons. The monoisotopic (exact) mass is 428 g/mol. The van der Waals surface area contributed by atoms with Gasteiger partial charge in [0.15, 0.2) is 11.3 Å². The van der Waals surface area contributed by atoms with E-state index in [0.717, 1.165) is 0 Å². The number of halogens is 2. The van der Waals surface area contributed by atoms with E-state index in [1.807, 2.05) is 0 Å². The van der Waals surface area contributed by atoms with Crippen molar-refractivity contribution >= 4 is 35.7 Å². The molecule has 0 aliphatic carbocycles. The zero-order valence-corrected chi connectivity index (χ0v) is 16.3. The third kappa shape index (κ3) is 3.96. The minimum atomic E-state index is -0.644. The molecule has 14 heteroatoms. The van der Waals surface area contributed by atoms with Crippen molar-refractivity contribution in [2.45, 2.75) is 13.8 Å². The molecule has 28 heavy (non-hydrogen) atoms. The van der Waals surface area contributed by atoms with Crippen LogP contribution in [-0.4, -0.2) is 52.4 Å². The summed E-state index contributed by atoms with van der Waals surface area (Å²) in [6, 6.07) is 2.58. The van der Waals surface area contributed by atoms with Crippen molar-refractivity contribution in [3.8, 4) is 12.0 Å². The minimum Gasteiger partial charge on any atom is -0.465 e. The number of hydrogen-bond acceptors (Lipinski definition) is 8. The second-order valence-electron chi connectivity index (χ2n) is 5.03. The quantitative estimate of drug-likeness (QED) is 0.377. The highest BCUT2D eigenvalue weighted by Crippen LogP contribution is 2.13. The average Bonchev–Trinajstić information content (AvgIpc) is 3.19. The summed E-state index contributed by atoms with van der Waals surface area (Å²) in [6.45, 7) is 4.33. The van der Waals surface area contributed by atoms with E-state index in [4.69, 9.17) is 33.9 Å². The van der Waals surface area contributed by atoms with E-state index in [9.17, 15) is 8.78 Å². The standard InChI is InChI=1S/2C7H7FN4OS/c2*1-2-13-6-9-4(8)3-5-10-11-7(14)12(5)6/h2*3H,2H2,1H3,(H,11,14). The molecule has 0 amide bonds. The van der Waals surface area contributed by atoms with E-state index >= 15 is 0 Å².